The topological polar surface area (TPSA) is 46.5 Å². The summed E-state index contributed by atoms with van der Waals surface area (Å²) in [5.41, 5.74) is 6.87. The Morgan fingerprint density at radius 3 is 2.63 bits per heavy atom. The highest BCUT2D eigenvalue weighted by Gasteiger charge is 2.26. The third-order valence-electron chi connectivity index (χ3n) is 3.02. The SMILES string of the molecule is CCCN1CCN([NH+]=Cc2ccccc2)C1=CN.[I-]. The fraction of sp³-hybridized carbons (Fsp3) is 0.357. The average Bonchev–Trinajstić information content (AvgIpc) is 2.80. The van der Waals surface area contributed by atoms with Gasteiger partial charge in [-0.15, -0.1) is 10.1 Å². The van der Waals surface area contributed by atoms with Crippen molar-refractivity contribution in [1.82, 2.24) is 9.91 Å². The highest BCUT2D eigenvalue weighted by Crippen LogP contribution is 2.12. The summed E-state index contributed by atoms with van der Waals surface area (Å²) in [6, 6.07) is 10.2. The number of halogens is 1. The average molecular weight is 372 g/mol. The molecule has 1 fully saturated rings. The minimum Gasteiger partial charge on any atom is -1.00 e. The van der Waals surface area contributed by atoms with Gasteiger partial charge in [0.05, 0.1) is 6.54 Å². The van der Waals surface area contributed by atoms with E-state index in [2.05, 4.69) is 34.1 Å². The first kappa shape index (κ1) is 15.8. The van der Waals surface area contributed by atoms with Crippen molar-refractivity contribution in [2.45, 2.75) is 13.3 Å². The minimum atomic E-state index is 0. The Bertz CT molecular complexity index is 430. The first-order valence-electron chi connectivity index (χ1n) is 6.44. The molecule has 2 rings (SSSR count). The Balaban J connectivity index is 0.00000180. The van der Waals surface area contributed by atoms with Gasteiger partial charge in [-0.3, -0.25) is 0 Å². The molecular weight excluding hydrogens is 351 g/mol. The molecule has 1 aliphatic heterocycles. The van der Waals surface area contributed by atoms with E-state index in [1.165, 1.54) is 0 Å². The molecule has 0 aliphatic carbocycles. The lowest BCUT2D eigenvalue weighted by Crippen LogP contribution is -3.00. The maximum Gasteiger partial charge on any atom is 0.198 e. The molecule has 3 N–H and O–H groups in total. The molecule has 0 bridgehead atoms. The third-order valence-corrected chi connectivity index (χ3v) is 3.02. The van der Waals surface area contributed by atoms with Crippen LogP contribution >= 0.6 is 0 Å². The zero-order chi connectivity index (χ0) is 12.8. The van der Waals surface area contributed by atoms with Gasteiger partial charge >= 0.3 is 0 Å². The van der Waals surface area contributed by atoms with Crippen molar-refractivity contribution >= 4 is 6.21 Å². The summed E-state index contributed by atoms with van der Waals surface area (Å²) in [5, 5.41) is 5.39. The van der Waals surface area contributed by atoms with Crippen molar-refractivity contribution in [2.24, 2.45) is 5.73 Å². The molecule has 0 radical (unpaired) electrons. The van der Waals surface area contributed by atoms with Crippen LogP contribution in [0.1, 0.15) is 18.9 Å². The maximum atomic E-state index is 5.71. The highest BCUT2D eigenvalue weighted by molar-refractivity contribution is 5.74. The normalized spacial score (nSPS) is 17.2. The van der Waals surface area contributed by atoms with E-state index in [1.807, 2.05) is 24.4 Å². The molecule has 1 heterocycles. The molecule has 1 aromatic carbocycles. The molecule has 0 atom stereocenters. The number of hydrazine groups is 1. The lowest BCUT2D eigenvalue weighted by Gasteiger charge is -2.17. The zero-order valence-corrected chi connectivity index (χ0v) is 13.4. The fourth-order valence-electron chi connectivity index (χ4n) is 2.14. The first-order chi connectivity index (χ1) is 8.85. The fourth-order valence-corrected chi connectivity index (χ4v) is 2.14. The predicted octanol–water partition coefficient (Wildman–Crippen LogP) is -3.11. The van der Waals surface area contributed by atoms with Crippen LogP contribution in [-0.4, -0.2) is 35.8 Å². The van der Waals surface area contributed by atoms with E-state index in [4.69, 9.17) is 5.73 Å². The predicted molar refractivity (Wildman–Crippen MR) is 73.4 cm³/mol. The van der Waals surface area contributed by atoms with E-state index in [1.54, 1.807) is 6.20 Å². The van der Waals surface area contributed by atoms with Gasteiger partial charge in [-0.25, -0.2) is 0 Å². The van der Waals surface area contributed by atoms with E-state index in [9.17, 15) is 0 Å². The maximum absolute atomic E-state index is 5.71. The number of nitrogens with one attached hydrogen (secondary N) is 1. The van der Waals surface area contributed by atoms with Crippen LogP contribution in [0.2, 0.25) is 0 Å². The molecule has 0 saturated carbocycles. The van der Waals surface area contributed by atoms with Gasteiger partial charge in [0, 0.05) is 24.9 Å². The van der Waals surface area contributed by atoms with Gasteiger partial charge in [-0.05, 0) is 18.6 Å². The van der Waals surface area contributed by atoms with Crippen LogP contribution in [-0.2, 0) is 0 Å². The molecule has 1 aliphatic rings. The third kappa shape index (κ3) is 4.12. The number of nitrogens with two attached hydrogens (primary N) is 1. The van der Waals surface area contributed by atoms with Crippen LogP contribution in [0, 0.1) is 0 Å². The summed E-state index contributed by atoms with van der Waals surface area (Å²) in [5.74, 6) is 1.06. The lowest BCUT2D eigenvalue weighted by molar-refractivity contribution is -0.626. The summed E-state index contributed by atoms with van der Waals surface area (Å²) in [6.07, 6.45) is 4.81. The molecule has 1 aromatic rings. The number of benzene rings is 1. The van der Waals surface area contributed by atoms with Gasteiger partial charge in [0.15, 0.2) is 12.0 Å². The Labute approximate surface area is 132 Å². The van der Waals surface area contributed by atoms with Crippen LogP contribution in [0.4, 0.5) is 0 Å². The molecule has 0 aromatic heterocycles. The van der Waals surface area contributed by atoms with E-state index in [0.717, 1.165) is 37.4 Å². The van der Waals surface area contributed by atoms with Gasteiger partial charge in [-0.1, -0.05) is 25.1 Å². The van der Waals surface area contributed by atoms with E-state index < -0.39 is 0 Å². The molecule has 104 valence electrons. The van der Waals surface area contributed by atoms with Crippen molar-refractivity contribution in [3.63, 3.8) is 0 Å². The largest absolute Gasteiger partial charge is 1.00 e. The second kappa shape index (κ2) is 8.04. The molecule has 1 saturated heterocycles. The summed E-state index contributed by atoms with van der Waals surface area (Å²) < 4.78 is 0. The lowest BCUT2D eigenvalue weighted by atomic mass is 10.2. The van der Waals surface area contributed by atoms with Crippen molar-refractivity contribution in [2.75, 3.05) is 19.6 Å². The van der Waals surface area contributed by atoms with Gasteiger partial charge in [-0.2, -0.15) is 0 Å². The molecule has 0 unspecified atom stereocenters. The van der Waals surface area contributed by atoms with Crippen LogP contribution in [0.15, 0.2) is 42.4 Å². The molecule has 5 heteroatoms. The monoisotopic (exact) mass is 372 g/mol. The van der Waals surface area contributed by atoms with Crippen LogP contribution < -0.4 is 34.8 Å². The summed E-state index contributed by atoms with van der Waals surface area (Å²) in [4.78, 5) is 2.30. The summed E-state index contributed by atoms with van der Waals surface area (Å²) in [6.45, 7) is 5.20. The Morgan fingerprint density at radius 2 is 2.00 bits per heavy atom. The van der Waals surface area contributed by atoms with Crippen molar-refractivity contribution in [1.29, 1.82) is 0 Å². The van der Waals surface area contributed by atoms with Crippen molar-refractivity contribution in [3.05, 3.63) is 47.9 Å². The molecular formula is C14H21IN4. The first-order valence-corrected chi connectivity index (χ1v) is 6.44. The van der Waals surface area contributed by atoms with Gasteiger partial charge in [0.2, 0.25) is 0 Å². The van der Waals surface area contributed by atoms with E-state index >= 15 is 0 Å². The number of hydrogen-bond donors (Lipinski definition) is 2. The molecule has 4 nitrogen and oxygen atoms in total. The smallest absolute Gasteiger partial charge is 0.198 e. The Hall–Kier alpha value is -1.24. The standard InChI is InChI=1S/C14H20N4.HI/c1-2-8-17-9-10-18(14(17)11-15)16-12-13-6-4-3-5-7-13;/h3-7,11-12H,2,8-10,15H2,1H3;1H. The quantitative estimate of drug-likeness (QED) is 0.435. The minimum absolute atomic E-state index is 0. The highest BCUT2D eigenvalue weighted by atomic mass is 127. The molecule has 0 amide bonds. The van der Waals surface area contributed by atoms with Crippen LogP contribution in [0.5, 0.6) is 0 Å². The van der Waals surface area contributed by atoms with Crippen molar-refractivity contribution in [3.8, 4) is 0 Å². The molecule has 0 spiro atoms. The van der Waals surface area contributed by atoms with Crippen LogP contribution in [0.3, 0.4) is 0 Å². The second-order valence-corrected chi connectivity index (χ2v) is 4.35. The Morgan fingerprint density at radius 1 is 1.26 bits per heavy atom. The van der Waals surface area contributed by atoms with Gasteiger partial charge in [0.25, 0.3) is 0 Å². The van der Waals surface area contributed by atoms with Gasteiger partial charge < -0.3 is 34.6 Å². The van der Waals surface area contributed by atoms with Gasteiger partial charge in [0.1, 0.15) is 0 Å². The number of rotatable bonds is 4. The number of nitrogens with zero attached hydrogens (tertiary/aromatic N) is 2. The summed E-state index contributed by atoms with van der Waals surface area (Å²) >= 11 is 0. The second-order valence-electron chi connectivity index (χ2n) is 4.35. The molecule has 19 heavy (non-hydrogen) atoms. The van der Waals surface area contributed by atoms with Crippen molar-refractivity contribution < 1.29 is 29.1 Å². The van der Waals surface area contributed by atoms with Crippen LogP contribution in [0.25, 0.3) is 0 Å². The number of hydrogen-bond acceptors (Lipinski definition) is 3. The van der Waals surface area contributed by atoms with E-state index in [0.29, 0.717) is 0 Å². The Kier molecular flexibility index (Phi) is 6.69. The van der Waals surface area contributed by atoms with E-state index in [-0.39, 0.29) is 24.0 Å². The summed E-state index contributed by atoms with van der Waals surface area (Å²) in [7, 11) is 0. The zero-order valence-electron chi connectivity index (χ0n) is 11.2. The number of hydrazone groups is 1.